The maximum absolute atomic E-state index is 9.35. The number of hydrogen-bond acceptors (Lipinski definition) is 9. The standard InChI is InChI=1S/C12H22N6O3/c1-12(7-19,8-20)17-10-14-9(13-2)15-11(16-10)18-3-5-21-6-4-18/h19-20H,3-8H2,1-2H3,(H2,13,14,15,16,17). The molecule has 21 heavy (non-hydrogen) atoms. The zero-order valence-corrected chi connectivity index (χ0v) is 12.3. The second-order valence-electron chi connectivity index (χ2n) is 5.13. The molecular weight excluding hydrogens is 276 g/mol. The summed E-state index contributed by atoms with van der Waals surface area (Å²) in [4.78, 5) is 14.9. The van der Waals surface area contributed by atoms with Crippen molar-refractivity contribution in [3.8, 4) is 0 Å². The molecule has 118 valence electrons. The summed E-state index contributed by atoms with van der Waals surface area (Å²) in [5, 5.41) is 24.5. The topological polar surface area (TPSA) is 116 Å². The van der Waals surface area contributed by atoms with Gasteiger partial charge in [0, 0.05) is 20.1 Å². The second kappa shape index (κ2) is 6.83. The molecule has 0 saturated carbocycles. The van der Waals surface area contributed by atoms with E-state index in [2.05, 4.69) is 25.6 Å². The minimum absolute atomic E-state index is 0.239. The fraction of sp³-hybridized carbons (Fsp3) is 0.750. The van der Waals surface area contributed by atoms with Crippen LogP contribution in [0.1, 0.15) is 6.92 Å². The number of nitrogens with one attached hydrogen (secondary N) is 2. The summed E-state index contributed by atoms with van der Waals surface area (Å²) in [7, 11) is 1.72. The van der Waals surface area contributed by atoms with Crippen LogP contribution in [0.2, 0.25) is 0 Å². The first-order chi connectivity index (χ1) is 10.1. The highest BCUT2D eigenvalue weighted by Gasteiger charge is 2.24. The molecule has 2 heterocycles. The SMILES string of the molecule is CNc1nc(NC(C)(CO)CO)nc(N2CCOCC2)n1. The molecule has 1 aliphatic heterocycles. The van der Waals surface area contributed by atoms with Crippen molar-refractivity contribution in [3.05, 3.63) is 0 Å². The van der Waals surface area contributed by atoms with E-state index in [0.29, 0.717) is 44.1 Å². The fourth-order valence-electron chi connectivity index (χ4n) is 1.84. The van der Waals surface area contributed by atoms with Gasteiger partial charge in [-0.15, -0.1) is 0 Å². The Morgan fingerprint density at radius 3 is 2.33 bits per heavy atom. The van der Waals surface area contributed by atoms with E-state index in [1.54, 1.807) is 14.0 Å². The van der Waals surface area contributed by atoms with E-state index in [-0.39, 0.29) is 13.2 Å². The van der Waals surface area contributed by atoms with E-state index < -0.39 is 5.54 Å². The zero-order chi connectivity index (χ0) is 15.3. The van der Waals surface area contributed by atoms with Crippen LogP contribution in [0, 0.1) is 0 Å². The highest BCUT2D eigenvalue weighted by Crippen LogP contribution is 2.17. The van der Waals surface area contributed by atoms with Gasteiger partial charge in [0.05, 0.1) is 32.0 Å². The molecule has 1 aromatic heterocycles. The van der Waals surface area contributed by atoms with E-state index in [1.807, 2.05) is 4.90 Å². The fourth-order valence-corrected chi connectivity index (χ4v) is 1.84. The number of hydrogen-bond donors (Lipinski definition) is 4. The summed E-state index contributed by atoms with van der Waals surface area (Å²) in [6.45, 7) is 3.90. The van der Waals surface area contributed by atoms with E-state index >= 15 is 0 Å². The van der Waals surface area contributed by atoms with Crippen LogP contribution >= 0.6 is 0 Å². The lowest BCUT2D eigenvalue weighted by molar-refractivity contribution is 0.122. The lowest BCUT2D eigenvalue weighted by Crippen LogP contribution is -2.43. The van der Waals surface area contributed by atoms with Crippen LogP contribution in [0.5, 0.6) is 0 Å². The van der Waals surface area contributed by atoms with Crippen LogP contribution < -0.4 is 15.5 Å². The first-order valence-corrected chi connectivity index (χ1v) is 6.86. The second-order valence-corrected chi connectivity index (χ2v) is 5.13. The number of aliphatic hydroxyl groups excluding tert-OH is 2. The van der Waals surface area contributed by atoms with Gasteiger partial charge in [0.15, 0.2) is 0 Å². The van der Waals surface area contributed by atoms with Crippen LogP contribution in [-0.4, -0.2) is 77.3 Å². The molecule has 0 bridgehead atoms. The van der Waals surface area contributed by atoms with Crippen LogP contribution in [0.4, 0.5) is 17.8 Å². The molecule has 0 atom stereocenters. The molecule has 4 N–H and O–H groups in total. The smallest absolute Gasteiger partial charge is 0.232 e. The van der Waals surface area contributed by atoms with Crippen LogP contribution in [-0.2, 0) is 4.74 Å². The molecule has 0 aliphatic carbocycles. The van der Waals surface area contributed by atoms with Gasteiger partial charge in [-0.05, 0) is 6.92 Å². The highest BCUT2D eigenvalue weighted by atomic mass is 16.5. The molecule has 9 heteroatoms. The molecule has 1 aliphatic rings. The number of aliphatic hydroxyl groups is 2. The molecule has 1 fully saturated rings. The maximum atomic E-state index is 9.35. The monoisotopic (exact) mass is 298 g/mol. The average Bonchev–Trinajstić information content (AvgIpc) is 2.55. The van der Waals surface area contributed by atoms with Crippen molar-refractivity contribution in [2.45, 2.75) is 12.5 Å². The summed E-state index contributed by atoms with van der Waals surface area (Å²) in [5.41, 5.74) is -0.894. The highest BCUT2D eigenvalue weighted by molar-refractivity contribution is 5.45. The van der Waals surface area contributed by atoms with Gasteiger partial charge in [0.2, 0.25) is 17.8 Å². The van der Waals surface area contributed by atoms with Crippen molar-refractivity contribution < 1.29 is 14.9 Å². The predicted octanol–water partition coefficient (Wildman–Crippen LogP) is -1.09. The summed E-state index contributed by atoms with van der Waals surface area (Å²) in [6.07, 6.45) is 0. The third-order valence-electron chi connectivity index (χ3n) is 3.25. The largest absolute Gasteiger partial charge is 0.394 e. The Kier molecular flexibility index (Phi) is 5.10. The Labute approximate surface area is 123 Å². The Bertz CT molecular complexity index is 462. The summed E-state index contributed by atoms with van der Waals surface area (Å²) in [5.74, 6) is 1.27. The first kappa shape index (κ1) is 15.7. The van der Waals surface area contributed by atoms with Gasteiger partial charge in [0.25, 0.3) is 0 Å². The minimum Gasteiger partial charge on any atom is -0.394 e. The normalized spacial score (nSPS) is 15.9. The molecule has 0 aromatic carbocycles. The summed E-state index contributed by atoms with van der Waals surface area (Å²) in [6, 6.07) is 0. The Morgan fingerprint density at radius 1 is 1.14 bits per heavy atom. The van der Waals surface area contributed by atoms with Crippen molar-refractivity contribution >= 4 is 17.8 Å². The number of morpholine rings is 1. The molecule has 0 radical (unpaired) electrons. The molecule has 9 nitrogen and oxygen atoms in total. The van der Waals surface area contributed by atoms with Crippen LogP contribution in [0.15, 0.2) is 0 Å². The van der Waals surface area contributed by atoms with Gasteiger partial charge in [-0.1, -0.05) is 0 Å². The van der Waals surface area contributed by atoms with E-state index in [1.165, 1.54) is 0 Å². The zero-order valence-electron chi connectivity index (χ0n) is 12.3. The molecule has 1 aromatic rings. The Hall–Kier alpha value is -1.71. The summed E-state index contributed by atoms with van der Waals surface area (Å²) >= 11 is 0. The molecular formula is C12H22N6O3. The number of rotatable bonds is 6. The van der Waals surface area contributed by atoms with Crippen LogP contribution in [0.3, 0.4) is 0 Å². The van der Waals surface area contributed by atoms with Crippen molar-refractivity contribution in [1.29, 1.82) is 0 Å². The van der Waals surface area contributed by atoms with Crippen molar-refractivity contribution in [2.75, 3.05) is 62.1 Å². The van der Waals surface area contributed by atoms with Crippen molar-refractivity contribution in [2.24, 2.45) is 0 Å². The third-order valence-corrected chi connectivity index (χ3v) is 3.25. The van der Waals surface area contributed by atoms with Gasteiger partial charge in [-0.25, -0.2) is 0 Å². The molecule has 0 spiro atoms. The van der Waals surface area contributed by atoms with E-state index in [4.69, 9.17) is 4.74 Å². The number of aromatic nitrogens is 3. The minimum atomic E-state index is -0.894. The van der Waals surface area contributed by atoms with Gasteiger partial charge in [0.1, 0.15) is 0 Å². The quantitative estimate of drug-likeness (QED) is 0.519. The van der Waals surface area contributed by atoms with Gasteiger partial charge < -0.3 is 30.5 Å². The van der Waals surface area contributed by atoms with E-state index in [9.17, 15) is 10.2 Å². The van der Waals surface area contributed by atoms with Crippen molar-refractivity contribution in [3.63, 3.8) is 0 Å². The molecule has 0 amide bonds. The third kappa shape index (κ3) is 3.90. The number of anilines is 3. The predicted molar refractivity (Wildman–Crippen MR) is 78.6 cm³/mol. The maximum Gasteiger partial charge on any atom is 0.232 e. The van der Waals surface area contributed by atoms with E-state index in [0.717, 1.165) is 0 Å². The lowest BCUT2D eigenvalue weighted by Gasteiger charge is -2.29. The lowest BCUT2D eigenvalue weighted by atomic mass is 10.1. The Morgan fingerprint density at radius 2 is 1.76 bits per heavy atom. The molecule has 2 rings (SSSR count). The molecule has 1 saturated heterocycles. The Balaban J connectivity index is 2.24. The molecule has 0 unspecified atom stereocenters. The van der Waals surface area contributed by atoms with Crippen LogP contribution in [0.25, 0.3) is 0 Å². The average molecular weight is 298 g/mol. The van der Waals surface area contributed by atoms with Gasteiger partial charge in [-0.2, -0.15) is 15.0 Å². The van der Waals surface area contributed by atoms with Crippen molar-refractivity contribution in [1.82, 2.24) is 15.0 Å². The summed E-state index contributed by atoms with van der Waals surface area (Å²) < 4.78 is 5.31. The van der Waals surface area contributed by atoms with Gasteiger partial charge >= 0.3 is 0 Å². The number of ether oxygens (including phenoxy) is 1. The number of nitrogens with zero attached hydrogens (tertiary/aromatic N) is 4. The first-order valence-electron chi connectivity index (χ1n) is 6.86. The van der Waals surface area contributed by atoms with Gasteiger partial charge in [-0.3, -0.25) is 0 Å².